The second-order valence-electron chi connectivity index (χ2n) is 7.85. The molecule has 32 heavy (non-hydrogen) atoms. The largest absolute Gasteiger partial charge is 0.369 e. The van der Waals surface area contributed by atoms with E-state index in [4.69, 9.17) is 11.0 Å². The third kappa shape index (κ3) is 4.01. The molecule has 0 aliphatic carbocycles. The molecule has 0 spiro atoms. The van der Waals surface area contributed by atoms with Crippen LogP contribution in [0.4, 0.5) is 10.1 Å². The lowest BCUT2D eigenvalue weighted by atomic mass is 9.93. The first-order valence-electron chi connectivity index (χ1n) is 10.1. The Bertz CT molecular complexity index is 1260. The van der Waals surface area contributed by atoms with Gasteiger partial charge in [0.05, 0.1) is 17.9 Å². The number of amides is 1. The van der Waals surface area contributed by atoms with Crippen molar-refractivity contribution in [2.45, 2.75) is 25.3 Å². The van der Waals surface area contributed by atoms with E-state index in [2.05, 4.69) is 19.7 Å². The number of aromatic nitrogens is 1. The highest BCUT2D eigenvalue weighted by Crippen LogP contribution is 2.36. The number of carbonyl (C=O) groups excluding carboxylic acids is 1. The van der Waals surface area contributed by atoms with Crippen molar-refractivity contribution in [1.29, 1.82) is 5.26 Å². The van der Waals surface area contributed by atoms with Gasteiger partial charge in [-0.05, 0) is 50.1 Å². The van der Waals surface area contributed by atoms with Gasteiger partial charge in [-0.1, -0.05) is 0 Å². The van der Waals surface area contributed by atoms with E-state index >= 15 is 0 Å². The minimum absolute atomic E-state index is 0.00774. The first-order chi connectivity index (χ1) is 15.2. The number of benzene rings is 1. The summed E-state index contributed by atoms with van der Waals surface area (Å²) >= 11 is 0. The van der Waals surface area contributed by atoms with Crippen molar-refractivity contribution in [3.05, 3.63) is 59.2 Å². The molecule has 0 saturated heterocycles. The number of hydrogen-bond donors (Lipinski definition) is 2. The molecule has 1 aromatic carbocycles. The number of nitrogens with one attached hydrogen (secondary N) is 1. The number of fused-ring (bicyclic) bond motifs is 1. The third-order valence-electron chi connectivity index (χ3n) is 5.42. The fraction of sp³-hybridized carbons (Fsp3) is 0.333. The Kier molecular flexibility index (Phi) is 5.56. The van der Waals surface area contributed by atoms with E-state index in [1.54, 1.807) is 6.92 Å². The first kappa shape index (κ1) is 21.7. The number of nitrogens with zero attached hydrogens (tertiary/aromatic N) is 5. The van der Waals surface area contributed by atoms with Crippen molar-refractivity contribution in [3.63, 3.8) is 0 Å². The number of pyridine rings is 1. The average Bonchev–Trinajstić information content (AvgIpc) is 2.96. The maximum absolute atomic E-state index is 14.9. The van der Waals surface area contributed by atoms with Gasteiger partial charge in [0.1, 0.15) is 33.0 Å². The van der Waals surface area contributed by atoms with Crippen molar-refractivity contribution in [3.8, 4) is 6.07 Å². The lowest BCUT2D eigenvalue weighted by molar-refractivity contribution is 0.102. The number of rotatable bonds is 3. The van der Waals surface area contributed by atoms with Crippen LogP contribution in [0, 0.1) is 17.1 Å². The smallest absolute Gasteiger partial charge is 0.274 e. The zero-order chi connectivity index (χ0) is 22.9. The highest BCUT2D eigenvalue weighted by molar-refractivity contribution is 7.92. The van der Waals surface area contributed by atoms with E-state index in [0.29, 0.717) is 24.3 Å². The summed E-state index contributed by atoms with van der Waals surface area (Å²) in [5.41, 5.74) is 5.84. The van der Waals surface area contributed by atoms with E-state index in [1.807, 2.05) is 6.07 Å². The number of anilines is 1. The molecule has 3 N–H and O–H groups in total. The van der Waals surface area contributed by atoms with Gasteiger partial charge in [0, 0.05) is 24.0 Å². The van der Waals surface area contributed by atoms with Gasteiger partial charge in [-0.3, -0.25) is 9.10 Å². The standard InChI is InChI=1S/C21H22FN7O2S/c1-21(13-32(31)26-8-2-3-9-29(32)20(24)28-21)16-10-15(5-6-17(16)22)27-19(30)18-7-4-14(11-23)12-25-18/h4-7,10,12H,2-3,8-9,13H2,1H3,(H2,24,28)(H,27,30). The van der Waals surface area contributed by atoms with Crippen LogP contribution >= 0.6 is 0 Å². The number of aliphatic imine (C=N–C) groups is 1. The SMILES string of the molecule is CC1(c2cc(NC(=O)c3ccc(C#N)cn3)ccc2F)CS2(=O)=NCCCCN2C(N)=N1. The summed E-state index contributed by atoms with van der Waals surface area (Å²) in [6.45, 7) is 2.61. The molecule has 2 aromatic rings. The van der Waals surface area contributed by atoms with E-state index in [9.17, 15) is 13.4 Å². The van der Waals surface area contributed by atoms with Gasteiger partial charge in [-0.2, -0.15) is 5.26 Å². The zero-order valence-electron chi connectivity index (χ0n) is 17.4. The molecule has 1 aromatic heterocycles. The quantitative estimate of drug-likeness (QED) is 0.732. The fourth-order valence-corrected chi connectivity index (χ4v) is 6.32. The molecule has 9 nitrogen and oxygen atoms in total. The molecule has 166 valence electrons. The molecule has 3 heterocycles. The van der Waals surface area contributed by atoms with E-state index in [0.717, 1.165) is 12.8 Å². The van der Waals surface area contributed by atoms with Gasteiger partial charge in [-0.25, -0.2) is 22.9 Å². The molecule has 2 unspecified atom stereocenters. The van der Waals surface area contributed by atoms with Gasteiger partial charge in [0.15, 0.2) is 0 Å². The van der Waals surface area contributed by atoms with E-state index in [-0.39, 0.29) is 23.0 Å². The van der Waals surface area contributed by atoms with Crippen LogP contribution in [0.5, 0.6) is 0 Å². The normalized spacial score (nSPS) is 24.9. The van der Waals surface area contributed by atoms with Gasteiger partial charge < -0.3 is 11.1 Å². The summed E-state index contributed by atoms with van der Waals surface area (Å²) in [4.78, 5) is 21.0. The number of carbonyl (C=O) groups is 1. The van der Waals surface area contributed by atoms with Crippen LogP contribution < -0.4 is 11.1 Å². The highest BCUT2D eigenvalue weighted by atomic mass is 32.2. The molecule has 0 radical (unpaired) electrons. The summed E-state index contributed by atoms with van der Waals surface area (Å²) in [6.07, 6.45) is 2.90. The number of guanidine groups is 1. The molecule has 0 saturated carbocycles. The Labute approximate surface area is 185 Å². The van der Waals surface area contributed by atoms with Crippen LogP contribution in [0.3, 0.4) is 0 Å². The number of hydrogen-bond acceptors (Lipinski definition) is 7. The number of nitrogens with two attached hydrogens (primary N) is 1. The van der Waals surface area contributed by atoms with Crippen molar-refractivity contribution >= 4 is 27.5 Å². The van der Waals surface area contributed by atoms with Crippen molar-refractivity contribution in [1.82, 2.24) is 9.29 Å². The van der Waals surface area contributed by atoms with E-state index in [1.165, 1.54) is 40.8 Å². The first-order valence-corrected chi connectivity index (χ1v) is 11.7. The summed E-state index contributed by atoms with van der Waals surface area (Å²) in [6, 6.07) is 8.95. The lowest BCUT2D eigenvalue weighted by Gasteiger charge is -2.38. The van der Waals surface area contributed by atoms with Crippen molar-refractivity contribution in [2.24, 2.45) is 15.1 Å². The Hall–Kier alpha value is -3.52. The molecule has 2 atom stereocenters. The lowest BCUT2D eigenvalue weighted by Crippen LogP contribution is -2.52. The maximum Gasteiger partial charge on any atom is 0.274 e. The highest BCUT2D eigenvalue weighted by Gasteiger charge is 2.42. The van der Waals surface area contributed by atoms with Gasteiger partial charge >= 0.3 is 0 Å². The van der Waals surface area contributed by atoms with Crippen molar-refractivity contribution in [2.75, 3.05) is 24.2 Å². The van der Waals surface area contributed by atoms with Crippen LogP contribution in [-0.4, -0.2) is 44.2 Å². The van der Waals surface area contributed by atoms with Crippen LogP contribution in [0.2, 0.25) is 0 Å². The number of nitriles is 1. The summed E-state index contributed by atoms with van der Waals surface area (Å²) in [7, 11) is -2.86. The average molecular weight is 456 g/mol. The predicted molar refractivity (Wildman–Crippen MR) is 119 cm³/mol. The molecular weight excluding hydrogens is 433 g/mol. The minimum atomic E-state index is -2.86. The Balaban J connectivity index is 1.67. The fourth-order valence-electron chi connectivity index (χ4n) is 3.82. The molecule has 1 amide bonds. The van der Waals surface area contributed by atoms with Crippen LogP contribution in [0.1, 0.15) is 41.4 Å². The molecule has 0 fully saturated rings. The summed E-state index contributed by atoms with van der Waals surface area (Å²) in [5, 5.41) is 11.5. The van der Waals surface area contributed by atoms with Crippen LogP contribution in [-0.2, 0) is 15.5 Å². The van der Waals surface area contributed by atoms with Crippen molar-refractivity contribution < 1.29 is 13.4 Å². The molecule has 4 rings (SSSR count). The van der Waals surface area contributed by atoms with Gasteiger partial charge in [0.25, 0.3) is 5.91 Å². The predicted octanol–water partition coefficient (Wildman–Crippen LogP) is 2.37. The molecule has 2 aliphatic rings. The van der Waals surface area contributed by atoms with Crippen LogP contribution in [0.15, 0.2) is 45.9 Å². The molecular formula is C21H22FN7O2S. The van der Waals surface area contributed by atoms with E-state index < -0.39 is 27.2 Å². The topological polar surface area (TPSA) is 137 Å². The zero-order valence-corrected chi connectivity index (χ0v) is 18.2. The monoisotopic (exact) mass is 455 g/mol. The Morgan fingerprint density at radius 1 is 1.34 bits per heavy atom. The Morgan fingerprint density at radius 2 is 2.16 bits per heavy atom. The maximum atomic E-state index is 14.9. The summed E-state index contributed by atoms with van der Waals surface area (Å²) in [5.74, 6) is -1.000. The van der Waals surface area contributed by atoms with Crippen LogP contribution in [0.25, 0.3) is 0 Å². The third-order valence-corrected chi connectivity index (χ3v) is 8.00. The summed E-state index contributed by atoms with van der Waals surface area (Å²) < 4.78 is 34.4. The van der Waals surface area contributed by atoms with Gasteiger partial charge in [-0.15, -0.1) is 0 Å². The van der Waals surface area contributed by atoms with Gasteiger partial charge in [0.2, 0.25) is 5.96 Å². The minimum Gasteiger partial charge on any atom is -0.369 e. The second-order valence-corrected chi connectivity index (χ2v) is 10.1. The molecule has 2 aliphatic heterocycles. The second kappa shape index (κ2) is 8.20. The molecule has 11 heteroatoms. The molecule has 0 bridgehead atoms. The Morgan fingerprint density at radius 3 is 2.88 bits per heavy atom. The number of halogens is 1.